The monoisotopic (exact) mass is 228 g/mol. The summed E-state index contributed by atoms with van der Waals surface area (Å²) < 4.78 is 0. The van der Waals surface area contributed by atoms with Gasteiger partial charge in [0.1, 0.15) is 0 Å². The van der Waals surface area contributed by atoms with E-state index >= 15 is 0 Å². The molecule has 0 unspecified atom stereocenters. The summed E-state index contributed by atoms with van der Waals surface area (Å²) in [6, 6.07) is 0. The van der Waals surface area contributed by atoms with Gasteiger partial charge >= 0.3 is 0 Å². The highest BCUT2D eigenvalue weighted by Gasteiger charge is 2.25. The molecule has 0 heterocycles. The van der Waals surface area contributed by atoms with Crippen LogP contribution < -0.4 is 10.6 Å². The zero-order chi connectivity index (χ0) is 11.7. The molecule has 0 rings (SSSR count). The van der Waals surface area contributed by atoms with Gasteiger partial charge in [-0.1, -0.05) is 12.8 Å². The minimum Gasteiger partial charge on any atom is -0.354 e. The molecule has 0 saturated carbocycles. The highest BCUT2D eigenvalue weighted by Crippen LogP contribution is 2.02. The summed E-state index contributed by atoms with van der Waals surface area (Å²) in [6.45, 7) is 7.19. The average Bonchev–Trinajstić information content (AvgIpc) is 2.17. The SMILES string of the molecule is C#CCSCCNC(=O)C(C)(C)NCC. The van der Waals surface area contributed by atoms with Gasteiger partial charge < -0.3 is 10.6 Å². The third kappa shape index (κ3) is 6.43. The number of hydrogen-bond donors (Lipinski definition) is 2. The van der Waals surface area contributed by atoms with Gasteiger partial charge in [-0.05, 0) is 20.4 Å². The van der Waals surface area contributed by atoms with Gasteiger partial charge in [0.2, 0.25) is 5.91 Å². The van der Waals surface area contributed by atoms with Gasteiger partial charge in [-0.15, -0.1) is 18.2 Å². The predicted octanol–water partition coefficient (Wildman–Crippen LogP) is 0.857. The van der Waals surface area contributed by atoms with Crippen molar-refractivity contribution < 1.29 is 4.79 Å². The van der Waals surface area contributed by atoms with Crippen LogP contribution in [0.4, 0.5) is 0 Å². The van der Waals surface area contributed by atoms with Gasteiger partial charge in [0, 0.05) is 12.3 Å². The summed E-state index contributed by atoms with van der Waals surface area (Å²) in [5, 5.41) is 6.00. The third-order valence-corrected chi connectivity index (χ3v) is 2.77. The van der Waals surface area contributed by atoms with Gasteiger partial charge in [-0.2, -0.15) is 0 Å². The highest BCUT2D eigenvalue weighted by molar-refractivity contribution is 7.99. The second kappa shape index (κ2) is 7.61. The molecule has 15 heavy (non-hydrogen) atoms. The first kappa shape index (κ1) is 14.3. The number of terminal acetylenes is 1. The van der Waals surface area contributed by atoms with Crippen molar-refractivity contribution in [1.82, 2.24) is 10.6 Å². The smallest absolute Gasteiger partial charge is 0.239 e. The normalized spacial score (nSPS) is 10.8. The standard InChI is InChI=1S/C11H20N2OS/c1-5-8-15-9-7-12-10(14)11(3,4)13-6-2/h1,13H,6-9H2,2-4H3,(H,12,14). The Morgan fingerprint density at radius 1 is 1.53 bits per heavy atom. The Labute approximate surface area is 96.8 Å². The number of carbonyl (C=O) groups excluding carboxylic acids is 1. The number of nitrogens with one attached hydrogen (secondary N) is 2. The second-order valence-electron chi connectivity index (χ2n) is 3.67. The Hall–Kier alpha value is -0.660. The lowest BCUT2D eigenvalue weighted by Gasteiger charge is -2.24. The number of thioether (sulfide) groups is 1. The number of carbonyl (C=O) groups is 1. The molecular weight excluding hydrogens is 208 g/mol. The van der Waals surface area contributed by atoms with Crippen LogP contribution in [0.15, 0.2) is 0 Å². The van der Waals surface area contributed by atoms with Crippen molar-refractivity contribution in [2.75, 3.05) is 24.6 Å². The van der Waals surface area contributed by atoms with E-state index in [1.54, 1.807) is 11.8 Å². The lowest BCUT2D eigenvalue weighted by atomic mass is 10.1. The maximum absolute atomic E-state index is 11.7. The van der Waals surface area contributed by atoms with E-state index < -0.39 is 5.54 Å². The molecule has 0 spiro atoms. The van der Waals surface area contributed by atoms with Crippen LogP contribution in [0.1, 0.15) is 20.8 Å². The molecule has 3 nitrogen and oxygen atoms in total. The molecule has 0 saturated heterocycles. The molecule has 0 aliphatic rings. The topological polar surface area (TPSA) is 41.1 Å². The average molecular weight is 228 g/mol. The first-order valence-electron chi connectivity index (χ1n) is 5.09. The van der Waals surface area contributed by atoms with Crippen LogP contribution in [0.5, 0.6) is 0 Å². The molecule has 0 atom stereocenters. The molecule has 0 aliphatic carbocycles. The van der Waals surface area contributed by atoms with Gasteiger partial charge in [-0.25, -0.2) is 0 Å². The first-order valence-corrected chi connectivity index (χ1v) is 6.24. The maximum atomic E-state index is 11.7. The quantitative estimate of drug-likeness (QED) is 0.501. The van der Waals surface area contributed by atoms with Crippen LogP contribution in [0.25, 0.3) is 0 Å². The summed E-state index contributed by atoms with van der Waals surface area (Å²) in [4.78, 5) is 11.7. The van der Waals surface area contributed by atoms with Crippen molar-refractivity contribution in [1.29, 1.82) is 0 Å². The largest absolute Gasteiger partial charge is 0.354 e. The van der Waals surface area contributed by atoms with Crippen molar-refractivity contribution in [3.05, 3.63) is 0 Å². The number of hydrogen-bond acceptors (Lipinski definition) is 3. The molecule has 86 valence electrons. The van der Waals surface area contributed by atoms with Crippen LogP contribution in [0.2, 0.25) is 0 Å². The van der Waals surface area contributed by atoms with Crippen molar-refractivity contribution in [2.45, 2.75) is 26.3 Å². The van der Waals surface area contributed by atoms with Gasteiger partial charge in [0.15, 0.2) is 0 Å². The molecule has 4 heteroatoms. The van der Waals surface area contributed by atoms with Crippen LogP contribution in [-0.4, -0.2) is 36.0 Å². The molecule has 1 amide bonds. The molecule has 0 bridgehead atoms. The van der Waals surface area contributed by atoms with E-state index in [1.165, 1.54) is 0 Å². The van der Waals surface area contributed by atoms with E-state index in [1.807, 2.05) is 20.8 Å². The zero-order valence-corrected chi connectivity index (χ0v) is 10.5. The second-order valence-corrected chi connectivity index (χ2v) is 4.77. The number of amides is 1. The zero-order valence-electron chi connectivity index (χ0n) is 9.72. The van der Waals surface area contributed by atoms with Crippen molar-refractivity contribution in [3.63, 3.8) is 0 Å². The lowest BCUT2D eigenvalue weighted by Crippen LogP contribution is -2.52. The van der Waals surface area contributed by atoms with Crippen LogP contribution in [0.3, 0.4) is 0 Å². The molecule has 0 aromatic carbocycles. The van der Waals surface area contributed by atoms with Crippen LogP contribution >= 0.6 is 11.8 Å². The maximum Gasteiger partial charge on any atom is 0.239 e. The number of rotatable bonds is 7. The van der Waals surface area contributed by atoms with E-state index in [0.717, 1.165) is 12.3 Å². The summed E-state index contributed by atoms with van der Waals surface area (Å²) >= 11 is 1.65. The molecule has 0 fully saturated rings. The Kier molecular flexibility index (Phi) is 7.27. The molecule has 0 aromatic rings. The van der Waals surface area contributed by atoms with Gasteiger partial charge in [0.05, 0.1) is 11.3 Å². The fourth-order valence-corrected chi connectivity index (χ4v) is 1.62. The Morgan fingerprint density at radius 3 is 2.73 bits per heavy atom. The van der Waals surface area contributed by atoms with E-state index in [-0.39, 0.29) is 5.91 Å². The van der Waals surface area contributed by atoms with Crippen molar-refractivity contribution in [2.24, 2.45) is 0 Å². The Balaban J connectivity index is 3.69. The molecular formula is C11H20N2OS. The lowest BCUT2D eigenvalue weighted by molar-refractivity contribution is -0.126. The van der Waals surface area contributed by atoms with E-state index in [4.69, 9.17) is 6.42 Å². The molecule has 0 aliphatic heterocycles. The predicted molar refractivity (Wildman–Crippen MR) is 66.9 cm³/mol. The minimum absolute atomic E-state index is 0.0330. The van der Waals surface area contributed by atoms with E-state index in [2.05, 4.69) is 16.6 Å². The minimum atomic E-state index is -0.495. The van der Waals surface area contributed by atoms with Gasteiger partial charge in [0.25, 0.3) is 0 Å². The summed E-state index contributed by atoms with van der Waals surface area (Å²) in [5.41, 5.74) is -0.495. The van der Waals surface area contributed by atoms with Crippen LogP contribution in [-0.2, 0) is 4.79 Å². The van der Waals surface area contributed by atoms with Crippen LogP contribution in [0, 0.1) is 12.3 Å². The fourth-order valence-electron chi connectivity index (χ4n) is 1.11. The first-order chi connectivity index (χ1) is 7.04. The number of likely N-dealkylation sites (N-methyl/N-ethyl adjacent to an activating group) is 1. The highest BCUT2D eigenvalue weighted by atomic mass is 32.2. The Bertz CT molecular complexity index is 233. The third-order valence-electron chi connectivity index (χ3n) is 1.90. The molecule has 0 radical (unpaired) electrons. The van der Waals surface area contributed by atoms with Gasteiger partial charge in [-0.3, -0.25) is 4.79 Å². The van der Waals surface area contributed by atoms with E-state index in [9.17, 15) is 4.79 Å². The van der Waals surface area contributed by atoms with Crippen molar-refractivity contribution >= 4 is 17.7 Å². The molecule has 0 aromatic heterocycles. The van der Waals surface area contributed by atoms with Crippen molar-refractivity contribution in [3.8, 4) is 12.3 Å². The van der Waals surface area contributed by atoms with E-state index in [0.29, 0.717) is 12.3 Å². The molecule has 2 N–H and O–H groups in total. The summed E-state index contributed by atoms with van der Waals surface area (Å²) in [5.74, 6) is 4.14. The summed E-state index contributed by atoms with van der Waals surface area (Å²) in [6.07, 6.45) is 5.11. The Morgan fingerprint density at radius 2 is 2.20 bits per heavy atom. The fraction of sp³-hybridized carbons (Fsp3) is 0.727. The summed E-state index contributed by atoms with van der Waals surface area (Å²) in [7, 11) is 0.